The lowest BCUT2D eigenvalue weighted by molar-refractivity contribution is -0.149. The van der Waals surface area contributed by atoms with Crippen LogP contribution in [0.5, 0.6) is 5.75 Å². The number of hydrogen-bond donors (Lipinski definition) is 1. The number of Topliss-reactive ketones (excluding diaryl/α,β-unsaturated/α-hetero) is 1. The summed E-state index contributed by atoms with van der Waals surface area (Å²) < 4.78 is 10.7. The van der Waals surface area contributed by atoms with Crippen LogP contribution >= 0.6 is 0 Å². The minimum Gasteiger partial charge on any atom is -0.497 e. The molecule has 4 fully saturated rings. The van der Waals surface area contributed by atoms with Crippen LogP contribution in [0.15, 0.2) is 34.9 Å². The molecule has 0 radical (unpaired) electrons. The van der Waals surface area contributed by atoms with Gasteiger partial charge in [-0.15, -0.1) is 0 Å². The summed E-state index contributed by atoms with van der Waals surface area (Å²) in [6.07, 6.45) is 5.36. The number of benzene rings is 1. The number of carbonyl (C=O) groups excluding carboxylic acids is 2. The SMILES string of the molecule is COc1cccc(-c2cc(C(=O)CC3C4CC5CC3CC(C(N)=O)(C5)C4)no2)c1. The normalized spacial score (nSPS) is 32.3. The molecular weight excluding hydrogens is 368 g/mol. The van der Waals surface area contributed by atoms with E-state index >= 15 is 0 Å². The number of nitrogens with zero attached hydrogens (tertiary/aromatic N) is 1. The number of rotatable bonds is 6. The molecule has 0 saturated heterocycles. The van der Waals surface area contributed by atoms with Crippen molar-refractivity contribution in [3.8, 4) is 17.1 Å². The molecule has 4 saturated carbocycles. The fraction of sp³-hybridized carbons (Fsp3) is 0.522. The summed E-state index contributed by atoms with van der Waals surface area (Å²) in [5, 5.41) is 4.03. The lowest BCUT2D eigenvalue weighted by Crippen LogP contribution is -2.56. The topological polar surface area (TPSA) is 95.4 Å². The fourth-order valence-electron chi connectivity index (χ4n) is 6.40. The van der Waals surface area contributed by atoms with E-state index in [9.17, 15) is 9.59 Å². The zero-order valence-corrected chi connectivity index (χ0v) is 16.6. The maximum atomic E-state index is 13.0. The molecule has 1 aromatic heterocycles. The van der Waals surface area contributed by atoms with Crippen LogP contribution in [0.1, 0.15) is 49.0 Å². The third-order valence-corrected chi connectivity index (χ3v) is 7.56. The summed E-state index contributed by atoms with van der Waals surface area (Å²) in [5.41, 5.74) is 6.66. The molecule has 1 heterocycles. The van der Waals surface area contributed by atoms with Crippen molar-refractivity contribution in [1.82, 2.24) is 5.16 Å². The van der Waals surface area contributed by atoms with Crippen LogP contribution in [0.3, 0.4) is 0 Å². The summed E-state index contributed by atoms with van der Waals surface area (Å²) in [5.74, 6) is 2.93. The van der Waals surface area contributed by atoms with Crippen molar-refractivity contribution in [1.29, 1.82) is 0 Å². The molecule has 2 unspecified atom stereocenters. The van der Waals surface area contributed by atoms with Gasteiger partial charge in [-0.1, -0.05) is 17.3 Å². The minimum absolute atomic E-state index is 0.0218. The lowest BCUT2D eigenvalue weighted by atomic mass is 9.45. The molecule has 6 rings (SSSR count). The number of nitrogens with two attached hydrogens (primary N) is 1. The second kappa shape index (κ2) is 6.71. The average Bonchev–Trinajstić information content (AvgIpc) is 3.20. The first-order valence-corrected chi connectivity index (χ1v) is 10.4. The monoisotopic (exact) mass is 394 g/mol. The molecule has 152 valence electrons. The van der Waals surface area contributed by atoms with Gasteiger partial charge in [0.25, 0.3) is 0 Å². The highest BCUT2D eigenvalue weighted by Gasteiger charge is 2.57. The van der Waals surface area contributed by atoms with Gasteiger partial charge in [0.15, 0.2) is 11.5 Å². The van der Waals surface area contributed by atoms with Gasteiger partial charge in [-0.3, -0.25) is 9.59 Å². The second-order valence-electron chi connectivity index (χ2n) is 9.21. The molecular formula is C23H26N2O4. The Bertz CT molecular complexity index is 949. The predicted molar refractivity (Wildman–Crippen MR) is 106 cm³/mol. The first kappa shape index (κ1) is 18.4. The van der Waals surface area contributed by atoms with E-state index in [2.05, 4.69) is 5.16 Å². The number of carbonyl (C=O) groups is 2. The van der Waals surface area contributed by atoms with Crippen LogP contribution in [0, 0.1) is 29.1 Å². The molecule has 6 heteroatoms. The third kappa shape index (κ3) is 3.05. The van der Waals surface area contributed by atoms with E-state index in [1.54, 1.807) is 13.2 Å². The molecule has 4 aliphatic rings. The molecule has 0 spiro atoms. The Morgan fingerprint density at radius 1 is 1.21 bits per heavy atom. The Labute approximate surface area is 169 Å². The van der Waals surface area contributed by atoms with E-state index in [1.807, 2.05) is 24.3 Å². The van der Waals surface area contributed by atoms with Gasteiger partial charge in [0.2, 0.25) is 5.91 Å². The molecule has 29 heavy (non-hydrogen) atoms. The lowest BCUT2D eigenvalue weighted by Gasteiger charge is -2.58. The number of methoxy groups -OCH3 is 1. The van der Waals surface area contributed by atoms with Gasteiger partial charge < -0.3 is 15.0 Å². The highest BCUT2D eigenvalue weighted by Crippen LogP contribution is 2.62. The molecule has 1 amide bonds. The molecule has 2 N–H and O–H groups in total. The number of primary amides is 1. The Morgan fingerprint density at radius 3 is 2.66 bits per heavy atom. The van der Waals surface area contributed by atoms with E-state index in [4.69, 9.17) is 15.0 Å². The molecule has 6 nitrogen and oxygen atoms in total. The van der Waals surface area contributed by atoms with E-state index in [0.717, 1.165) is 43.4 Å². The van der Waals surface area contributed by atoms with Crippen LogP contribution in [0.2, 0.25) is 0 Å². The van der Waals surface area contributed by atoms with Gasteiger partial charge in [-0.25, -0.2) is 0 Å². The zero-order chi connectivity index (χ0) is 20.2. The van der Waals surface area contributed by atoms with Crippen molar-refractivity contribution in [3.05, 3.63) is 36.0 Å². The third-order valence-electron chi connectivity index (χ3n) is 7.56. The van der Waals surface area contributed by atoms with Crippen molar-refractivity contribution in [2.45, 2.75) is 38.5 Å². The van der Waals surface area contributed by atoms with Crippen LogP contribution in [-0.4, -0.2) is 24.0 Å². The maximum absolute atomic E-state index is 13.0. The van der Waals surface area contributed by atoms with Crippen LogP contribution in [0.4, 0.5) is 0 Å². The summed E-state index contributed by atoms with van der Waals surface area (Å²) in [6.45, 7) is 0. The van der Waals surface area contributed by atoms with Crippen LogP contribution in [0.25, 0.3) is 11.3 Å². The van der Waals surface area contributed by atoms with E-state index in [0.29, 0.717) is 41.5 Å². The Balaban J connectivity index is 1.32. The number of ketones is 1. The molecule has 4 aliphatic carbocycles. The van der Waals surface area contributed by atoms with Crippen LogP contribution in [-0.2, 0) is 4.79 Å². The van der Waals surface area contributed by atoms with Crippen LogP contribution < -0.4 is 10.5 Å². The first-order chi connectivity index (χ1) is 14.0. The molecule has 2 aromatic rings. The zero-order valence-electron chi connectivity index (χ0n) is 16.6. The maximum Gasteiger partial charge on any atom is 0.223 e. The predicted octanol–water partition coefficient (Wildman–Crippen LogP) is 3.85. The standard InChI is InChI=1S/C23H26N2O4/c1-28-17-4-2-3-14(7-17)21-9-19(25-29-21)20(26)8-18-15-5-13-6-16(18)12-23(10-13,11-15)22(24)27/h2-4,7,9,13,15-16,18H,5-6,8,10-12H2,1H3,(H2,24,27). The number of ether oxygens (including phenoxy) is 1. The molecule has 1 aromatic carbocycles. The second-order valence-corrected chi connectivity index (χ2v) is 9.21. The average molecular weight is 394 g/mol. The number of amides is 1. The van der Waals surface area contributed by atoms with Gasteiger partial charge >= 0.3 is 0 Å². The summed E-state index contributed by atoms with van der Waals surface area (Å²) in [4.78, 5) is 25.1. The Hall–Kier alpha value is -2.63. The number of hydrogen-bond acceptors (Lipinski definition) is 5. The van der Waals surface area contributed by atoms with Gasteiger partial charge in [0.05, 0.1) is 7.11 Å². The summed E-state index contributed by atoms with van der Waals surface area (Å²) in [6, 6.07) is 9.21. The fourth-order valence-corrected chi connectivity index (χ4v) is 6.40. The first-order valence-electron chi connectivity index (χ1n) is 10.4. The minimum atomic E-state index is -0.316. The van der Waals surface area contributed by atoms with Crippen molar-refractivity contribution < 1.29 is 18.8 Å². The van der Waals surface area contributed by atoms with Gasteiger partial charge in [0, 0.05) is 23.5 Å². The van der Waals surface area contributed by atoms with Gasteiger partial charge in [-0.2, -0.15) is 0 Å². The van der Waals surface area contributed by atoms with Crippen molar-refractivity contribution in [2.24, 2.45) is 34.8 Å². The summed E-state index contributed by atoms with van der Waals surface area (Å²) >= 11 is 0. The quantitative estimate of drug-likeness (QED) is 0.751. The van der Waals surface area contributed by atoms with Crippen molar-refractivity contribution >= 4 is 11.7 Å². The Morgan fingerprint density at radius 2 is 1.97 bits per heavy atom. The van der Waals surface area contributed by atoms with Crippen molar-refractivity contribution in [2.75, 3.05) is 7.11 Å². The van der Waals surface area contributed by atoms with Crippen molar-refractivity contribution in [3.63, 3.8) is 0 Å². The van der Waals surface area contributed by atoms with Gasteiger partial charge in [0.1, 0.15) is 11.4 Å². The highest BCUT2D eigenvalue weighted by molar-refractivity contribution is 5.95. The van der Waals surface area contributed by atoms with E-state index in [-0.39, 0.29) is 17.1 Å². The molecule has 2 atom stereocenters. The smallest absolute Gasteiger partial charge is 0.223 e. The number of aromatic nitrogens is 1. The van der Waals surface area contributed by atoms with E-state index < -0.39 is 0 Å². The largest absolute Gasteiger partial charge is 0.497 e. The molecule has 4 bridgehead atoms. The highest BCUT2D eigenvalue weighted by atomic mass is 16.5. The Kier molecular flexibility index (Phi) is 4.26. The van der Waals surface area contributed by atoms with Gasteiger partial charge in [-0.05, 0) is 67.9 Å². The van der Waals surface area contributed by atoms with E-state index in [1.165, 1.54) is 0 Å². The summed E-state index contributed by atoms with van der Waals surface area (Å²) in [7, 11) is 1.61. The molecule has 0 aliphatic heterocycles.